The second kappa shape index (κ2) is 8.20. The summed E-state index contributed by atoms with van der Waals surface area (Å²) >= 11 is 0. The van der Waals surface area contributed by atoms with Crippen molar-refractivity contribution in [2.24, 2.45) is 0 Å². The second-order valence-corrected chi connectivity index (χ2v) is 8.62. The van der Waals surface area contributed by atoms with Gasteiger partial charge in [0.15, 0.2) is 0 Å². The summed E-state index contributed by atoms with van der Waals surface area (Å²) in [5, 5.41) is 3.58. The Labute approximate surface area is 192 Å². The Morgan fingerprint density at radius 1 is 0.879 bits per heavy atom. The minimum atomic E-state index is -0.911. The lowest BCUT2D eigenvalue weighted by Crippen LogP contribution is -2.54. The molecule has 6 nitrogen and oxygen atoms in total. The molecule has 0 saturated heterocycles. The molecule has 5 rings (SSSR count). The first kappa shape index (κ1) is 20.9. The molecule has 33 heavy (non-hydrogen) atoms. The van der Waals surface area contributed by atoms with Crippen LogP contribution in [0.25, 0.3) is 0 Å². The summed E-state index contributed by atoms with van der Waals surface area (Å²) in [7, 11) is 0. The summed E-state index contributed by atoms with van der Waals surface area (Å²) in [4.78, 5) is 42.4. The Morgan fingerprint density at radius 3 is 2.12 bits per heavy atom. The number of nitrogens with one attached hydrogen (secondary N) is 1. The van der Waals surface area contributed by atoms with E-state index < -0.39 is 17.9 Å². The molecule has 0 aliphatic carbocycles. The van der Waals surface area contributed by atoms with Gasteiger partial charge in [0.2, 0.25) is 5.91 Å². The fourth-order valence-electron chi connectivity index (χ4n) is 4.89. The fourth-order valence-corrected chi connectivity index (χ4v) is 4.89. The van der Waals surface area contributed by atoms with Crippen LogP contribution in [-0.4, -0.2) is 34.7 Å². The number of carbonyl (C=O) groups is 3. The molecule has 3 aromatic rings. The molecule has 0 radical (unpaired) electrons. The van der Waals surface area contributed by atoms with E-state index in [1.165, 1.54) is 0 Å². The van der Waals surface area contributed by atoms with E-state index >= 15 is 0 Å². The number of nitrogens with zero attached hydrogens (tertiary/aromatic N) is 2. The first-order chi connectivity index (χ1) is 16.0. The van der Waals surface area contributed by atoms with E-state index in [1.807, 2.05) is 61.5 Å². The number of amides is 3. The Hall–Kier alpha value is -3.93. The van der Waals surface area contributed by atoms with Gasteiger partial charge in [-0.15, -0.1) is 0 Å². The predicted molar refractivity (Wildman–Crippen MR) is 127 cm³/mol. The van der Waals surface area contributed by atoms with Crippen LogP contribution in [-0.2, 0) is 4.79 Å². The maximum atomic E-state index is 13.7. The van der Waals surface area contributed by atoms with E-state index in [0.29, 0.717) is 17.5 Å². The molecule has 0 fully saturated rings. The van der Waals surface area contributed by atoms with Gasteiger partial charge in [-0.1, -0.05) is 48.5 Å². The Bertz CT molecular complexity index is 1210. The highest BCUT2D eigenvalue weighted by Gasteiger charge is 2.44. The molecule has 1 N–H and O–H groups in total. The number of rotatable bonds is 4. The third kappa shape index (κ3) is 3.48. The lowest BCUT2D eigenvalue weighted by molar-refractivity contribution is -0.122. The highest BCUT2D eigenvalue weighted by atomic mass is 16.2. The van der Waals surface area contributed by atoms with E-state index in [9.17, 15) is 14.4 Å². The standard InChI is InChI=1S/C27H25N3O3/c1-17-16-23(28-19-10-4-3-5-11-19)22-14-8-9-15-24(22)29(17)25(31)18(2)30-26(32)20-12-6-7-13-21(20)27(30)33/h3-15,17-18,23,28H,16H2,1-2H3/t17-,18+,23-/m1/s1. The lowest BCUT2D eigenvalue weighted by Gasteiger charge is -2.41. The zero-order valence-electron chi connectivity index (χ0n) is 18.6. The molecule has 6 heteroatoms. The molecule has 0 saturated carbocycles. The van der Waals surface area contributed by atoms with Gasteiger partial charge in [0, 0.05) is 17.4 Å². The number of fused-ring (bicyclic) bond motifs is 2. The molecular weight excluding hydrogens is 414 g/mol. The number of imide groups is 1. The third-order valence-corrected chi connectivity index (χ3v) is 6.51. The van der Waals surface area contributed by atoms with Gasteiger partial charge >= 0.3 is 0 Å². The molecule has 0 aromatic heterocycles. The summed E-state index contributed by atoms with van der Waals surface area (Å²) in [5.41, 5.74) is 3.53. The first-order valence-electron chi connectivity index (χ1n) is 11.2. The van der Waals surface area contributed by atoms with Crippen LogP contribution in [0.1, 0.15) is 52.6 Å². The highest BCUT2D eigenvalue weighted by molar-refractivity contribution is 6.23. The summed E-state index contributed by atoms with van der Waals surface area (Å²) < 4.78 is 0. The Kier molecular flexibility index (Phi) is 5.21. The smallest absolute Gasteiger partial charge is 0.262 e. The molecule has 2 aliphatic heterocycles. The summed E-state index contributed by atoms with van der Waals surface area (Å²) in [6, 6.07) is 23.5. The summed E-state index contributed by atoms with van der Waals surface area (Å²) in [5.74, 6) is -1.10. The van der Waals surface area contributed by atoms with Gasteiger partial charge < -0.3 is 10.2 Å². The molecule has 0 spiro atoms. The Balaban J connectivity index is 1.45. The van der Waals surface area contributed by atoms with Gasteiger partial charge in [0.25, 0.3) is 11.8 Å². The predicted octanol–water partition coefficient (Wildman–Crippen LogP) is 4.65. The maximum Gasteiger partial charge on any atom is 0.262 e. The van der Waals surface area contributed by atoms with Crippen molar-refractivity contribution in [1.82, 2.24) is 4.90 Å². The minimum Gasteiger partial charge on any atom is -0.378 e. The van der Waals surface area contributed by atoms with Gasteiger partial charge in [0.1, 0.15) is 6.04 Å². The summed E-state index contributed by atoms with van der Waals surface area (Å²) in [6.07, 6.45) is 0.701. The van der Waals surface area contributed by atoms with Crippen LogP contribution in [0.4, 0.5) is 11.4 Å². The van der Waals surface area contributed by atoms with E-state index in [2.05, 4.69) is 5.32 Å². The van der Waals surface area contributed by atoms with Crippen molar-refractivity contribution in [1.29, 1.82) is 0 Å². The molecule has 3 aromatic carbocycles. The van der Waals surface area contributed by atoms with Crippen LogP contribution in [0.15, 0.2) is 78.9 Å². The molecule has 3 amide bonds. The van der Waals surface area contributed by atoms with Gasteiger partial charge in [-0.3, -0.25) is 19.3 Å². The van der Waals surface area contributed by atoms with Crippen molar-refractivity contribution in [3.63, 3.8) is 0 Å². The van der Waals surface area contributed by atoms with Gasteiger partial charge in [-0.25, -0.2) is 0 Å². The minimum absolute atomic E-state index is 0.0391. The number of hydrogen-bond acceptors (Lipinski definition) is 4. The number of anilines is 2. The van der Waals surface area contributed by atoms with E-state index in [0.717, 1.165) is 21.8 Å². The molecule has 3 atom stereocenters. The summed E-state index contributed by atoms with van der Waals surface area (Å²) in [6.45, 7) is 3.64. The molecule has 2 heterocycles. The zero-order valence-corrected chi connectivity index (χ0v) is 18.6. The van der Waals surface area contributed by atoms with Crippen molar-refractivity contribution in [2.45, 2.75) is 38.4 Å². The van der Waals surface area contributed by atoms with Crippen molar-refractivity contribution in [3.05, 3.63) is 95.6 Å². The number of para-hydroxylation sites is 2. The second-order valence-electron chi connectivity index (χ2n) is 8.62. The lowest BCUT2D eigenvalue weighted by atomic mass is 9.90. The average molecular weight is 440 g/mol. The SMILES string of the molecule is C[C@@H]1C[C@@H](Nc2ccccc2)c2ccccc2N1C(=O)[C@H](C)N1C(=O)c2ccccc2C1=O. The van der Waals surface area contributed by atoms with Crippen LogP contribution in [0, 0.1) is 0 Å². The van der Waals surface area contributed by atoms with Crippen LogP contribution < -0.4 is 10.2 Å². The zero-order chi connectivity index (χ0) is 23.1. The van der Waals surface area contributed by atoms with E-state index in [4.69, 9.17) is 0 Å². The third-order valence-electron chi connectivity index (χ3n) is 6.51. The van der Waals surface area contributed by atoms with Crippen molar-refractivity contribution < 1.29 is 14.4 Å². The molecule has 0 unspecified atom stereocenters. The quantitative estimate of drug-likeness (QED) is 0.601. The largest absolute Gasteiger partial charge is 0.378 e. The van der Waals surface area contributed by atoms with Crippen LogP contribution >= 0.6 is 0 Å². The molecule has 0 bridgehead atoms. The Morgan fingerprint density at radius 2 is 1.45 bits per heavy atom. The van der Waals surface area contributed by atoms with E-state index in [-0.39, 0.29) is 18.0 Å². The van der Waals surface area contributed by atoms with Crippen LogP contribution in [0.2, 0.25) is 0 Å². The van der Waals surface area contributed by atoms with Crippen molar-refractivity contribution >= 4 is 29.1 Å². The van der Waals surface area contributed by atoms with Gasteiger partial charge in [0.05, 0.1) is 17.2 Å². The molecule has 166 valence electrons. The van der Waals surface area contributed by atoms with Crippen molar-refractivity contribution in [2.75, 3.05) is 10.2 Å². The average Bonchev–Trinajstić information content (AvgIpc) is 3.09. The van der Waals surface area contributed by atoms with Gasteiger partial charge in [-0.05, 0) is 56.2 Å². The number of carbonyl (C=O) groups excluding carboxylic acids is 3. The highest BCUT2D eigenvalue weighted by Crippen LogP contribution is 2.39. The first-order valence-corrected chi connectivity index (χ1v) is 11.2. The van der Waals surface area contributed by atoms with Crippen LogP contribution in [0.3, 0.4) is 0 Å². The monoisotopic (exact) mass is 439 g/mol. The molecule has 2 aliphatic rings. The van der Waals surface area contributed by atoms with Gasteiger partial charge in [-0.2, -0.15) is 0 Å². The number of hydrogen-bond donors (Lipinski definition) is 1. The normalized spacial score (nSPS) is 20.3. The van der Waals surface area contributed by atoms with Crippen LogP contribution in [0.5, 0.6) is 0 Å². The topological polar surface area (TPSA) is 69.7 Å². The molecular formula is C27H25N3O3. The van der Waals surface area contributed by atoms with Crippen molar-refractivity contribution in [3.8, 4) is 0 Å². The fraction of sp³-hybridized carbons (Fsp3) is 0.222. The number of benzene rings is 3. The van der Waals surface area contributed by atoms with E-state index in [1.54, 1.807) is 36.1 Å². The maximum absolute atomic E-state index is 13.7.